The molecule has 1 aromatic carbocycles. The van der Waals surface area contributed by atoms with Gasteiger partial charge in [-0.05, 0) is 42.0 Å². The number of hydrogen-bond donors (Lipinski definition) is 2. The molecule has 3 rings (SSSR count). The smallest absolute Gasteiger partial charge is 0.318 e. The van der Waals surface area contributed by atoms with E-state index in [2.05, 4.69) is 17.4 Å². The average Bonchev–Trinajstić information content (AvgIpc) is 3.02. The van der Waals surface area contributed by atoms with E-state index in [0.717, 1.165) is 24.8 Å². The number of aromatic nitrogens is 1. The molecule has 1 unspecified atom stereocenters. The Balaban J connectivity index is 1.73. The van der Waals surface area contributed by atoms with E-state index in [-0.39, 0.29) is 18.7 Å². The standard InChI is InChI=1S/C19H25N3O2/c1-21-10-9-15(14-21)13-20-19(24)22(11-12-23)18-8-4-6-16-5-2-3-7-17(16)18/h2-3,5,7,9-10,14,18,23H,4,6,8,11-13H2,1H3,(H,20,24). The summed E-state index contributed by atoms with van der Waals surface area (Å²) < 4.78 is 1.96. The molecule has 5 heteroatoms. The summed E-state index contributed by atoms with van der Waals surface area (Å²) in [5.74, 6) is 0. The first kappa shape index (κ1) is 16.6. The maximum atomic E-state index is 12.7. The van der Waals surface area contributed by atoms with Crippen LogP contribution in [0.25, 0.3) is 0 Å². The number of amides is 2. The number of aliphatic hydroxyl groups excluding tert-OH is 1. The van der Waals surface area contributed by atoms with Crippen LogP contribution in [0.15, 0.2) is 42.7 Å². The lowest BCUT2D eigenvalue weighted by Crippen LogP contribution is -2.44. The van der Waals surface area contributed by atoms with Crippen molar-refractivity contribution in [2.75, 3.05) is 13.2 Å². The number of aryl methyl sites for hydroxylation is 2. The summed E-state index contributed by atoms with van der Waals surface area (Å²) in [4.78, 5) is 14.5. The van der Waals surface area contributed by atoms with E-state index in [1.165, 1.54) is 11.1 Å². The summed E-state index contributed by atoms with van der Waals surface area (Å²) in [6.45, 7) is 0.813. The summed E-state index contributed by atoms with van der Waals surface area (Å²) in [6.07, 6.45) is 7.02. The molecule has 128 valence electrons. The van der Waals surface area contributed by atoms with Crippen molar-refractivity contribution in [2.24, 2.45) is 7.05 Å². The van der Waals surface area contributed by atoms with Crippen molar-refractivity contribution in [1.29, 1.82) is 0 Å². The van der Waals surface area contributed by atoms with E-state index in [1.807, 2.05) is 42.2 Å². The zero-order valence-corrected chi connectivity index (χ0v) is 14.1. The zero-order chi connectivity index (χ0) is 16.9. The van der Waals surface area contributed by atoms with Crippen LogP contribution in [0.4, 0.5) is 4.79 Å². The second-order valence-corrected chi connectivity index (χ2v) is 6.37. The largest absolute Gasteiger partial charge is 0.395 e. The maximum absolute atomic E-state index is 12.7. The molecular weight excluding hydrogens is 302 g/mol. The van der Waals surface area contributed by atoms with Crippen molar-refractivity contribution in [3.05, 3.63) is 59.4 Å². The van der Waals surface area contributed by atoms with Crippen LogP contribution in [0, 0.1) is 0 Å². The van der Waals surface area contributed by atoms with Crippen LogP contribution in [0.2, 0.25) is 0 Å². The van der Waals surface area contributed by atoms with Crippen molar-refractivity contribution in [2.45, 2.75) is 31.8 Å². The average molecular weight is 327 g/mol. The third-order valence-electron chi connectivity index (χ3n) is 4.65. The maximum Gasteiger partial charge on any atom is 0.318 e. The molecule has 0 saturated heterocycles. The Morgan fingerprint density at radius 3 is 2.96 bits per heavy atom. The van der Waals surface area contributed by atoms with Gasteiger partial charge in [0.25, 0.3) is 0 Å². The Labute approximate surface area is 142 Å². The van der Waals surface area contributed by atoms with Gasteiger partial charge < -0.3 is 19.9 Å². The number of hydrogen-bond acceptors (Lipinski definition) is 2. The van der Waals surface area contributed by atoms with Crippen molar-refractivity contribution in [3.8, 4) is 0 Å². The van der Waals surface area contributed by atoms with E-state index < -0.39 is 0 Å². The van der Waals surface area contributed by atoms with Gasteiger partial charge in [-0.2, -0.15) is 0 Å². The minimum absolute atomic E-state index is 0.0303. The van der Waals surface area contributed by atoms with Gasteiger partial charge >= 0.3 is 6.03 Å². The van der Waals surface area contributed by atoms with Crippen LogP contribution < -0.4 is 5.32 Å². The zero-order valence-electron chi connectivity index (χ0n) is 14.1. The molecule has 0 spiro atoms. The van der Waals surface area contributed by atoms with Gasteiger partial charge in [0.2, 0.25) is 0 Å². The van der Waals surface area contributed by atoms with Crippen molar-refractivity contribution < 1.29 is 9.90 Å². The highest BCUT2D eigenvalue weighted by Crippen LogP contribution is 2.34. The number of nitrogens with one attached hydrogen (secondary N) is 1. The molecule has 1 atom stereocenters. The molecule has 0 bridgehead atoms. The van der Waals surface area contributed by atoms with Gasteiger partial charge in [0, 0.05) is 32.5 Å². The third kappa shape index (κ3) is 3.62. The summed E-state index contributed by atoms with van der Waals surface area (Å²) in [5.41, 5.74) is 3.60. The van der Waals surface area contributed by atoms with E-state index in [9.17, 15) is 9.90 Å². The molecule has 1 heterocycles. The molecule has 1 aromatic heterocycles. The van der Waals surface area contributed by atoms with E-state index >= 15 is 0 Å². The van der Waals surface area contributed by atoms with Gasteiger partial charge in [0.05, 0.1) is 12.6 Å². The first-order valence-electron chi connectivity index (χ1n) is 8.53. The number of urea groups is 1. The minimum Gasteiger partial charge on any atom is -0.395 e. The number of fused-ring (bicyclic) bond motifs is 1. The highest BCUT2D eigenvalue weighted by atomic mass is 16.3. The Kier molecular flexibility index (Phi) is 5.20. The molecule has 0 fully saturated rings. The van der Waals surface area contributed by atoms with Gasteiger partial charge in [0.1, 0.15) is 0 Å². The second kappa shape index (κ2) is 7.53. The third-order valence-corrected chi connectivity index (χ3v) is 4.65. The van der Waals surface area contributed by atoms with Gasteiger partial charge in [-0.1, -0.05) is 24.3 Å². The molecule has 1 aliphatic rings. The quantitative estimate of drug-likeness (QED) is 0.887. The van der Waals surface area contributed by atoms with Crippen LogP contribution in [-0.2, 0) is 20.0 Å². The summed E-state index contributed by atoms with van der Waals surface area (Å²) in [6, 6.07) is 10.2. The molecule has 2 aromatic rings. The van der Waals surface area contributed by atoms with Crippen molar-refractivity contribution in [3.63, 3.8) is 0 Å². The number of benzene rings is 1. The van der Waals surface area contributed by atoms with E-state index in [1.54, 1.807) is 4.90 Å². The number of aliphatic hydroxyl groups is 1. The molecule has 5 nitrogen and oxygen atoms in total. The minimum atomic E-state index is -0.116. The summed E-state index contributed by atoms with van der Waals surface area (Å²) >= 11 is 0. The summed E-state index contributed by atoms with van der Waals surface area (Å²) in [7, 11) is 1.96. The lowest BCUT2D eigenvalue weighted by Gasteiger charge is -2.35. The van der Waals surface area contributed by atoms with Crippen molar-refractivity contribution in [1.82, 2.24) is 14.8 Å². The normalized spacial score (nSPS) is 16.5. The van der Waals surface area contributed by atoms with Gasteiger partial charge in [-0.25, -0.2) is 4.79 Å². The Morgan fingerprint density at radius 2 is 2.21 bits per heavy atom. The van der Waals surface area contributed by atoms with Gasteiger partial charge in [-0.3, -0.25) is 0 Å². The molecule has 1 aliphatic carbocycles. The van der Waals surface area contributed by atoms with Crippen molar-refractivity contribution >= 4 is 6.03 Å². The molecule has 0 radical (unpaired) electrons. The van der Waals surface area contributed by atoms with Crippen LogP contribution in [0.3, 0.4) is 0 Å². The van der Waals surface area contributed by atoms with Crippen LogP contribution >= 0.6 is 0 Å². The fourth-order valence-corrected chi connectivity index (χ4v) is 3.50. The molecular formula is C19H25N3O2. The van der Waals surface area contributed by atoms with Crippen LogP contribution in [0.1, 0.15) is 35.6 Å². The van der Waals surface area contributed by atoms with Gasteiger partial charge in [0.15, 0.2) is 0 Å². The predicted molar refractivity (Wildman–Crippen MR) is 93.6 cm³/mol. The van der Waals surface area contributed by atoms with Crippen LogP contribution in [0.5, 0.6) is 0 Å². The predicted octanol–water partition coefficient (Wildman–Crippen LogP) is 2.61. The SMILES string of the molecule is Cn1ccc(CNC(=O)N(CCO)C2CCCc3ccccc32)c1. The lowest BCUT2D eigenvalue weighted by atomic mass is 9.87. The van der Waals surface area contributed by atoms with Crippen LogP contribution in [-0.4, -0.2) is 33.8 Å². The van der Waals surface area contributed by atoms with E-state index in [0.29, 0.717) is 13.1 Å². The fourth-order valence-electron chi connectivity index (χ4n) is 3.50. The highest BCUT2D eigenvalue weighted by molar-refractivity contribution is 5.75. The van der Waals surface area contributed by atoms with Gasteiger partial charge in [-0.15, -0.1) is 0 Å². The Morgan fingerprint density at radius 1 is 1.38 bits per heavy atom. The molecule has 2 amide bonds. The topological polar surface area (TPSA) is 57.5 Å². The fraction of sp³-hybridized carbons (Fsp3) is 0.421. The monoisotopic (exact) mass is 327 g/mol. The molecule has 0 saturated carbocycles. The summed E-state index contributed by atoms with van der Waals surface area (Å²) in [5, 5.41) is 12.4. The molecule has 24 heavy (non-hydrogen) atoms. The second-order valence-electron chi connectivity index (χ2n) is 6.37. The first-order chi connectivity index (χ1) is 11.7. The molecule has 2 N–H and O–H groups in total. The number of carbonyl (C=O) groups is 1. The number of rotatable bonds is 5. The lowest BCUT2D eigenvalue weighted by molar-refractivity contribution is 0.144. The molecule has 0 aliphatic heterocycles. The Hall–Kier alpha value is -2.27. The number of nitrogens with zero attached hydrogens (tertiary/aromatic N) is 2. The number of carbonyl (C=O) groups excluding carboxylic acids is 1. The Bertz CT molecular complexity index is 695. The van der Waals surface area contributed by atoms with E-state index in [4.69, 9.17) is 0 Å². The first-order valence-corrected chi connectivity index (χ1v) is 8.53. The highest BCUT2D eigenvalue weighted by Gasteiger charge is 2.28.